The van der Waals surface area contributed by atoms with Crippen LogP contribution in [0, 0.1) is 11.6 Å². The van der Waals surface area contributed by atoms with Crippen LogP contribution in [0.15, 0.2) is 68.8 Å². The van der Waals surface area contributed by atoms with Gasteiger partial charge in [-0.25, -0.2) is 8.78 Å². The topological polar surface area (TPSA) is 78.7 Å². The Kier molecular flexibility index (Phi) is 6.91. The molecule has 0 atom stereocenters. The Morgan fingerprint density at radius 3 is 2.60 bits per heavy atom. The molecule has 2 aromatic carbocycles. The summed E-state index contributed by atoms with van der Waals surface area (Å²) in [5.74, 6) is -1.68. The van der Waals surface area contributed by atoms with Gasteiger partial charge in [-0.15, -0.1) is 0 Å². The number of nitrogens with zero attached hydrogens (tertiary/aromatic N) is 1. The summed E-state index contributed by atoms with van der Waals surface area (Å²) in [6, 6.07) is 13.3. The minimum atomic E-state index is -0.771. The van der Waals surface area contributed by atoms with Crippen LogP contribution < -0.4 is 16.1 Å². The first-order valence-electron chi connectivity index (χ1n) is 8.55. The molecule has 30 heavy (non-hydrogen) atoms. The highest BCUT2D eigenvalue weighted by molar-refractivity contribution is 9.10. The van der Waals surface area contributed by atoms with Crippen molar-refractivity contribution in [3.63, 3.8) is 0 Å². The minimum Gasteiger partial charge on any atom is -0.444 e. The second kappa shape index (κ2) is 9.59. The maximum Gasteiger partial charge on any atom is 0.291 e. The summed E-state index contributed by atoms with van der Waals surface area (Å²) in [6.07, 6.45) is 0. The second-order valence-corrected chi connectivity index (χ2v) is 7.22. The van der Waals surface area contributed by atoms with E-state index in [2.05, 4.69) is 37.1 Å². The number of thiocarbonyl (C=S) groups is 1. The summed E-state index contributed by atoms with van der Waals surface area (Å²) in [5.41, 5.74) is 4.46. The Labute approximate surface area is 184 Å². The number of nitrogens with one attached hydrogen (secondary N) is 3. The molecule has 10 heteroatoms. The van der Waals surface area contributed by atoms with Crippen molar-refractivity contribution in [2.75, 3.05) is 10.6 Å². The normalized spacial score (nSPS) is 11.1. The van der Waals surface area contributed by atoms with Crippen molar-refractivity contribution in [2.45, 2.75) is 6.92 Å². The summed E-state index contributed by atoms with van der Waals surface area (Å²) < 4.78 is 32.3. The monoisotopic (exact) mass is 492 g/mol. The molecule has 1 heterocycles. The fourth-order valence-corrected chi connectivity index (χ4v) is 2.85. The molecule has 0 saturated heterocycles. The van der Waals surface area contributed by atoms with Gasteiger partial charge in [0.1, 0.15) is 11.6 Å². The van der Waals surface area contributed by atoms with Crippen molar-refractivity contribution in [1.82, 2.24) is 5.43 Å². The number of carbonyl (C=O) groups is 1. The summed E-state index contributed by atoms with van der Waals surface area (Å²) in [7, 11) is 0. The molecule has 0 saturated carbocycles. The molecular formula is C20H15BrF2N4O2S. The molecule has 0 spiro atoms. The van der Waals surface area contributed by atoms with Gasteiger partial charge in [-0.2, -0.15) is 5.10 Å². The number of carbonyl (C=O) groups excluding carboxylic acids is 1. The van der Waals surface area contributed by atoms with Crippen LogP contribution in [0.4, 0.5) is 20.2 Å². The zero-order valence-corrected chi connectivity index (χ0v) is 17.9. The number of amides is 1. The van der Waals surface area contributed by atoms with E-state index in [-0.39, 0.29) is 16.6 Å². The SMILES string of the molecule is CC(=NNC(=S)Nc1ccc(F)cc1F)c1cccc(NC(=O)c2ccc(Br)o2)c1. The number of rotatable bonds is 5. The average molecular weight is 493 g/mol. The molecule has 6 nitrogen and oxygen atoms in total. The highest BCUT2D eigenvalue weighted by atomic mass is 79.9. The zero-order chi connectivity index (χ0) is 21.7. The number of halogens is 3. The van der Waals surface area contributed by atoms with E-state index in [1.54, 1.807) is 43.3 Å². The molecule has 0 bridgehead atoms. The zero-order valence-electron chi connectivity index (χ0n) is 15.5. The van der Waals surface area contributed by atoms with Gasteiger partial charge in [0.2, 0.25) is 0 Å². The summed E-state index contributed by atoms with van der Waals surface area (Å²) in [5, 5.41) is 9.52. The van der Waals surface area contributed by atoms with Gasteiger partial charge in [-0.1, -0.05) is 12.1 Å². The number of anilines is 2. The lowest BCUT2D eigenvalue weighted by molar-refractivity contribution is 0.0995. The van der Waals surface area contributed by atoms with E-state index in [0.717, 1.165) is 17.7 Å². The quantitative estimate of drug-likeness (QED) is 0.256. The predicted octanol–water partition coefficient (Wildman–Crippen LogP) is 5.28. The first kappa shape index (κ1) is 21.6. The molecule has 0 aliphatic rings. The molecular weight excluding hydrogens is 478 g/mol. The van der Waals surface area contributed by atoms with Gasteiger partial charge in [0, 0.05) is 11.8 Å². The number of hydrogen-bond acceptors (Lipinski definition) is 4. The smallest absolute Gasteiger partial charge is 0.291 e. The van der Waals surface area contributed by atoms with Gasteiger partial charge in [-0.3, -0.25) is 10.2 Å². The lowest BCUT2D eigenvalue weighted by Crippen LogP contribution is -2.25. The Bertz CT molecular complexity index is 1130. The van der Waals surface area contributed by atoms with E-state index in [9.17, 15) is 13.6 Å². The van der Waals surface area contributed by atoms with Gasteiger partial charge < -0.3 is 15.1 Å². The van der Waals surface area contributed by atoms with E-state index >= 15 is 0 Å². The number of furan rings is 1. The summed E-state index contributed by atoms with van der Waals surface area (Å²) in [4.78, 5) is 12.2. The van der Waals surface area contributed by atoms with E-state index in [1.807, 2.05) is 0 Å². The van der Waals surface area contributed by atoms with Crippen molar-refractivity contribution in [1.29, 1.82) is 0 Å². The molecule has 3 aromatic rings. The van der Waals surface area contributed by atoms with Crippen LogP contribution in [-0.4, -0.2) is 16.7 Å². The molecule has 0 fully saturated rings. The standard InChI is InChI=1S/C20H15BrF2N4O2S/c1-11(26-27-20(30)25-16-6-5-13(22)10-15(16)23)12-3-2-4-14(9-12)24-19(28)17-7-8-18(21)29-17/h2-10H,1H3,(H,24,28)(H2,25,27,30). The molecule has 0 unspecified atom stereocenters. The van der Waals surface area contributed by atoms with Crippen LogP contribution in [0.3, 0.4) is 0 Å². The Morgan fingerprint density at radius 1 is 1.10 bits per heavy atom. The van der Waals surface area contributed by atoms with Gasteiger partial charge in [-0.05, 0) is 77.0 Å². The van der Waals surface area contributed by atoms with Crippen LogP contribution >= 0.6 is 28.1 Å². The average Bonchev–Trinajstić information content (AvgIpc) is 3.15. The van der Waals surface area contributed by atoms with E-state index in [1.165, 1.54) is 6.07 Å². The van der Waals surface area contributed by atoms with Gasteiger partial charge >= 0.3 is 0 Å². The fourth-order valence-electron chi connectivity index (χ4n) is 2.39. The Morgan fingerprint density at radius 2 is 1.90 bits per heavy atom. The lowest BCUT2D eigenvalue weighted by atomic mass is 10.1. The largest absolute Gasteiger partial charge is 0.444 e. The van der Waals surface area contributed by atoms with Crippen molar-refractivity contribution >= 4 is 56.3 Å². The van der Waals surface area contributed by atoms with Crippen molar-refractivity contribution in [3.05, 3.63) is 82.2 Å². The minimum absolute atomic E-state index is 0.0241. The molecule has 0 aliphatic carbocycles. The van der Waals surface area contributed by atoms with Crippen LogP contribution in [0.2, 0.25) is 0 Å². The molecule has 154 valence electrons. The van der Waals surface area contributed by atoms with Crippen LogP contribution in [0.25, 0.3) is 0 Å². The lowest BCUT2D eigenvalue weighted by Gasteiger charge is -2.10. The third-order valence-electron chi connectivity index (χ3n) is 3.84. The van der Waals surface area contributed by atoms with Crippen LogP contribution in [-0.2, 0) is 0 Å². The van der Waals surface area contributed by atoms with Crippen molar-refractivity contribution in [2.24, 2.45) is 5.10 Å². The molecule has 0 aliphatic heterocycles. The second-order valence-electron chi connectivity index (χ2n) is 6.03. The van der Waals surface area contributed by atoms with E-state index in [0.29, 0.717) is 16.1 Å². The first-order chi connectivity index (χ1) is 14.3. The van der Waals surface area contributed by atoms with Crippen molar-refractivity contribution < 1.29 is 18.0 Å². The van der Waals surface area contributed by atoms with E-state index < -0.39 is 17.5 Å². The number of benzene rings is 2. The van der Waals surface area contributed by atoms with Gasteiger partial charge in [0.25, 0.3) is 5.91 Å². The first-order valence-corrected chi connectivity index (χ1v) is 9.75. The van der Waals surface area contributed by atoms with Crippen LogP contribution in [0.5, 0.6) is 0 Å². The predicted molar refractivity (Wildman–Crippen MR) is 119 cm³/mol. The van der Waals surface area contributed by atoms with Crippen LogP contribution in [0.1, 0.15) is 23.0 Å². The fraction of sp³-hybridized carbons (Fsp3) is 0.0500. The Balaban J connectivity index is 1.63. The van der Waals surface area contributed by atoms with Crippen molar-refractivity contribution in [3.8, 4) is 0 Å². The maximum atomic E-state index is 13.7. The number of hydrogen-bond donors (Lipinski definition) is 3. The third kappa shape index (κ3) is 5.71. The molecule has 3 rings (SSSR count). The van der Waals surface area contributed by atoms with E-state index in [4.69, 9.17) is 16.6 Å². The molecule has 3 N–H and O–H groups in total. The highest BCUT2D eigenvalue weighted by Crippen LogP contribution is 2.17. The van der Waals surface area contributed by atoms with Gasteiger partial charge in [0.15, 0.2) is 15.5 Å². The molecule has 1 amide bonds. The van der Waals surface area contributed by atoms with Gasteiger partial charge in [0.05, 0.1) is 11.4 Å². The summed E-state index contributed by atoms with van der Waals surface area (Å²) >= 11 is 8.23. The number of hydrazone groups is 1. The third-order valence-corrected chi connectivity index (χ3v) is 4.46. The maximum absolute atomic E-state index is 13.7. The Hall–Kier alpha value is -3.11. The summed E-state index contributed by atoms with van der Waals surface area (Å²) in [6.45, 7) is 1.73. The molecule has 1 aromatic heterocycles. The highest BCUT2D eigenvalue weighted by Gasteiger charge is 2.11. The molecule has 0 radical (unpaired) electrons.